The van der Waals surface area contributed by atoms with Crippen LogP contribution in [-0.4, -0.2) is 23.9 Å². The second-order valence-electron chi connectivity index (χ2n) is 5.28. The standard InChI is InChI=1S/3C4H6O2.CH5N3.Am.2O/c3*5-4(6)3-1-2-3;2-1(3)4;;;/h3*3H,1-2H2,(H,5,6);(H5,2,3,4);;;/q;;;;;2*-2/p-2. The van der Waals surface area contributed by atoms with Gasteiger partial charge < -0.3 is 40.7 Å². The van der Waals surface area contributed by atoms with Crippen molar-refractivity contribution in [2.45, 2.75) is 38.5 Å². The summed E-state index contributed by atoms with van der Waals surface area (Å²) in [6.45, 7) is 0. The van der Waals surface area contributed by atoms with Gasteiger partial charge in [-0.1, -0.05) is 0 Å². The van der Waals surface area contributed by atoms with Gasteiger partial charge in [-0.25, -0.2) is 0 Å². The zero-order valence-corrected chi connectivity index (χ0v) is 16.5. The molecule has 0 heterocycles. The van der Waals surface area contributed by atoms with Gasteiger partial charge >= 0.3 is 5.96 Å². The first-order valence-electron chi connectivity index (χ1n) is 6.91. The number of nitrogens with two attached hydrogens (primary N) is 3. The average Bonchev–Trinajstić information content (AvgIpc) is 3.31. The SMILES string of the molecule is NC(N)=[NH2+].O=C([O-])C1CC1.O=C([O-])C1CC1.O=C([O-])C1CC1.[Am].[O-2].[O-2]. The summed E-state index contributed by atoms with van der Waals surface area (Å²) < 4.78 is 0. The second kappa shape index (κ2) is 15.5. The van der Waals surface area contributed by atoms with E-state index < -0.39 is 17.9 Å². The van der Waals surface area contributed by atoms with E-state index in [0.29, 0.717) is 0 Å². The summed E-state index contributed by atoms with van der Waals surface area (Å²) in [7, 11) is 0. The Hall–Kier alpha value is -2.01. The third-order valence-electron chi connectivity index (χ3n) is 2.73. The van der Waals surface area contributed by atoms with Crippen LogP contribution in [0.1, 0.15) is 38.5 Å². The van der Waals surface area contributed by atoms with Gasteiger partial charge in [-0.05, 0) is 56.3 Å². The molecule has 0 unspecified atom stereocenters. The molecule has 3 fully saturated rings. The molecule has 3 saturated carbocycles. The van der Waals surface area contributed by atoms with Gasteiger partial charge in [0.25, 0.3) is 0 Å². The Morgan fingerprint density at radius 2 is 0.800 bits per heavy atom. The van der Waals surface area contributed by atoms with Crippen LogP contribution >= 0.6 is 0 Å². The van der Waals surface area contributed by atoms with Crippen molar-refractivity contribution in [2.24, 2.45) is 29.2 Å². The molecule has 25 heavy (non-hydrogen) atoms. The molecule has 149 valence electrons. The van der Waals surface area contributed by atoms with Gasteiger partial charge in [0.15, 0.2) is 0 Å². The molecule has 1 radical (unpaired) electrons. The third-order valence-corrected chi connectivity index (χ3v) is 2.73. The molecular formula is C13H21AmN3O8-6. The molecule has 0 saturated heterocycles. The van der Waals surface area contributed by atoms with E-state index in [2.05, 4.69) is 16.9 Å². The van der Waals surface area contributed by atoms with E-state index in [1.807, 2.05) is 0 Å². The zero-order valence-electron chi connectivity index (χ0n) is 13.4. The smallest absolute Gasteiger partial charge is 0.336 e. The van der Waals surface area contributed by atoms with E-state index in [1.165, 1.54) is 0 Å². The molecule has 12 heteroatoms. The first-order valence-corrected chi connectivity index (χ1v) is 6.91. The summed E-state index contributed by atoms with van der Waals surface area (Å²) in [5.41, 5.74) is 9.17. The van der Waals surface area contributed by atoms with E-state index >= 15 is 0 Å². The Labute approximate surface area is 152 Å². The quantitative estimate of drug-likeness (QED) is 0.210. The van der Waals surface area contributed by atoms with E-state index in [-0.39, 0.29) is 48.9 Å². The normalized spacial score (nSPS) is 15.8. The zero-order chi connectivity index (χ0) is 17.3. The maximum Gasteiger partial charge on any atom is 0.336 e. The predicted molar refractivity (Wildman–Crippen MR) is 69.9 cm³/mol. The van der Waals surface area contributed by atoms with Gasteiger partial charge in [-0.2, -0.15) is 0 Å². The number of carbonyl (C=O) groups excluding carboxylic acids is 3. The van der Waals surface area contributed by atoms with Crippen LogP contribution in [0.5, 0.6) is 0 Å². The minimum Gasteiger partial charge on any atom is -2.00 e. The summed E-state index contributed by atoms with van der Waals surface area (Å²) in [5.74, 6) is -3.00. The molecule has 0 aromatic heterocycles. The van der Waals surface area contributed by atoms with Crippen LogP contribution in [-0.2, 0) is 25.3 Å². The van der Waals surface area contributed by atoms with E-state index in [4.69, 9.17) is 0 Å². The number of carbonyl (C=O) groups is 3. The summed E-state index contributed by atoms with van der Waals surface area (Å²) in [4.78, 5) is 29.0. The predicted octanol–water partition coefficient (Wildman–Crippen LogP) is -5.78. The average molecular weight is 590 g/mol. The van der Waals surface area contributed by atoms with Crippen LogP contribution < -0.4 is 32.2 Å². The molecule has 0 bridgehead atoms. The van der Waals surface area contributed by atoms with Crippen LogP contribution in [0.3, 0.4) is 0 Å². The van der Waals surface area contributed by atoms with Crippen molar-refractivity contribution < 1.29 is 60.3 Å². The van der Waals surface area contributed by atoms with Gasteiger partial charge in [-0.3, -0.25) is 16.9 Å². The molecule has 0 aromatic rings. The molecule has 3 aliphatic rings. The summed E-state index contributed by atoms with van der Waals surface area (Å²) in [5, 5.41) is 33.5. The fraction of sp³-hybridized carbons (Fsp3) is 0.692. The van der Waals surface area contributed by atoms with Gasteiger partial charge in [0.2, 0.25) is 0 Å². The Bertz CT molecular complexity index is 367. The Balaban J connectivity index is -0.000000114. The van der Waals surface area contributed by atoms with Gasteiger partial charge in [0.05, 0.1) is 0 Å². The maximum atomic E-state index is 9.65. The van der Waals surface area contributed by atoms with Crippen molar-refractivity contribution in [3.8, 4) is 0 Å². The van der Waals surface area contributed by atoms with Crippen LogP contribution in [0.15, 0.2) is 0 Å². The van der Waals surface area contributed by atoms with Crippen LogP contribution in [0.25, 0.3) is 0 Å². The van der Waals surface area contributed by atoms with E-state index in [9.17, 15) is 29.7 Å². The molecule has 11 nitrogen and oxygen atoms in total. The number of aliphatic carboxylic acids is 3. The van der Waals surface area contributed by atoms with E-state index in [1.54, 1.807) is 0 Å². The van der Waals surface area contributed by atoms with Gasteiger partial charge in [0, 0.05) is 32.2 Å². The Kier molecular flexibility index (Phi) is 19.1. The van der Waals surface area contributed by atoms with Crippen molar-refractivity contribution in [1.29, 1.82) is 0 Å². The number of hydrogen-bond donors (Lipinski definition) is 3. The number of rotatable bonds is 3. The molecule has 6 N–H and O–H groups in total. The maximum absolute atomic E-state index is 9.65. The minimum atomic E-state index is -0.880. The number of carboxylic acids is 3. The molecule has 3 rings (SSSR count). The minimum absolute atomic E-state index is 0. The fourth-order valence-corrected chi connectivity index (χ4v) is 0.957. The van der Waals surface area contributed by atoms with Gasteiger partial charge in [0.1, 0.15) is 0 Å². The van der Waals surface area contributed by atoms with Crippen molar-refractivity contribution in [3.63, 3.8) is 0 Å². The first kappa shape index (κ1) is 30.8. The third kappa shape index (κ3) is 24.4. The summed E-state index contributed by atoms with van der Waals surface area (Å²) >= 11 is 0. The number of guanidine groups is 1. The Morgan fingerprint density at radius 3 is 0.800 bits per heavy atom. The van der Waals surface area contributed by atoms with Crippen molar-refractivity contribution in [2.75, 3.05) is 0 Å². The first-order chi connectivity index (χ1) is 10.1. The number of carboxylic acid groups (broad SMARTS) is 3. The molecule has 0 aliphatic heterocycles. The van der Waals surface area contributed by atoms with Crippen molar-refractivity contribution in [1.82, 2.24) is 0 Å². The summed E-state index contributed by atoms with van der Waals surface area (Å²) in [6, 6.07) is 0. The van der Waals surface area contributed by atoms with Crippen LogP contribution in [0, 0.1) is 32.0 Å². The van der Waals surface area contributed by atoms with Crippen LogP contribution in [0.4, 0.5) is 0 Å². The monoisotopic (exact) mass is 588 g/mol. The van der Waals surface area contributed by atoms with Crippen LogP contribution in [0.2, 0.25) is 0 Å². The van der Waals surface area contributed by atoms with Gasteiger partial charge in [-0.15, -0.1) is 0 Å². The molecule has 0 amide bonds. The van der Waals surface area contributed by atoms with Crippen molar-refractivity contribution in [3.05, 3.63) is 0 Å². The van der Waals surface area contributed by atoms with E-state index in [0.717, 1.165) is 38.5 Å². The molecule has 0 spiro atoms. The topological polar surface area (TPSA) is 255 Å². The molecular weight excluding hydrogens is 569 g/mol. The largest absolute Gasteiger partial charge is 2.00 e. The fourth-order valence-electron chi connectivity index (χ4n) is 0.957. The second-order valence-corrected chi connectivity index (χ2v) is 5.28. The number of hydrogen-bond acceptors (Lipinski definition) is 6. The summed E-state index contributed by atoms with van der Waals surface area (Å²) in [6.07, 6.45) is 5.01. The molecule has 0 aromatic carbocycles. The Morgan fingerprint density at radius 1 is 0.680 bits per heavy atom. The molecule has 3 aliphatic carbocycles. The van der Waals surface area contributed by atoms with Crippen molar-refractivity contribution >= 4 is 23.9 Å². The molecule has 0 atom stereocenters.